The summed E-state index contributed by atoms with van der Waals surface area (Å²) in [5, 5.41) is 11.3. The fourth-order valence-corrected chi connectivity index (χ4v) is 2.10. The molecule has 83 valence electrons. The van der Waals surface area contributed by atoms with Gasteiger partial charge in [-0.15, -0.1) is 0 Å². The van der Waals surface area contributed by atoms with Crippen LogP contribution in [0.5, 0.6) is 0 Å². The number of nitrogens with zero attached hydrogens (tertiary/aromatic N) is 2. The van der Waals surface area contributed by atoms with Gasteiger partial charge in [0.1, 0.15) is 6.07 Å². The highest BCUT2D eigenvalue weighted by Gasteiger charge is 2.07. The summed E-state index contributed by atoms with van der Waals surface area (Å²) in [6.45, 7) is 0. The first-order valence-electron chi connectivity index (χ1n) is 5.64. The predicted octanol–water partition coefficient (Wildman–Crippen LogP) is 3.57. The van der Waals surface area contributed by atoms with E-state index in [0.717, 1.165) is 21.9 Å². The zero-order valence-electron chi connectivity index (χ0n) is 9.59. The normalized spacial score (nSPS) is 10.2. The number of fused-ring (bicyclic) bond motifs is 1. The average Bonchev–Trinajstić information content (AvgIpc) is 2.46. The van der Waals surface area contributed by atoms with Gasteiger partial charge >= 0.3 is 0 Å². The minimum atomic E-state index is 0.592. The van der Waals surface area contributed by atoms with Gasteiger partial charge in [0, 0.05) is 18.0 Å². The van der Waals surface area contributed by atoms with E-state index in [1.807, 2.05) is 42.5 Å². The van der Waals surface area contributed by atoms with Crippen LogP contribution in [0.25, 0.3) is 21.9 Å². The van der Waals surface area contributed by atoms with Crippen LogP contribution in [0.3, 0.4) is 0 Å². The highest BCUT2D eigenvalue weighted by molar-refractivity contribution is 5.97. The average molecular weight is 229 g/mol. The molecule has 0 unspecified atom stereocenters. The Kier molecular flexibility index (Phi) is 2.51. The highest BCUT2D eigenvalue weighted by Crippen LogP contribution is 2.29. The smallest absolute Gasteiger partial charge is 0.101 e. The minimum absolute atomic E-state index is 0.592. The zero-order valence-corrected chi connectivity index (χ0v) is 9.59. The van der Waals surface area contributed by atoms with E-state index in [2.05, 4.69) is 17.1 Å². The molecule has 2 nitrogen and oxygen atoms in total. The molecule has 0 fully saturated rings. The van der Waals surface area contributed by atoms with Crippen molar-refractivity contribution in [1.82, 2.24) is 4.98 Å². The van der Waals surface area contributed by atoms with Crippen LogP contribution in [0.2, 0.25) is 0 Å². The van der Waals surface area contributed by atoms with Gasteiger partial charge in [0.15, 0.2) is 0 Å². The molecular weight excluding hydrogens is 220 g/mol. The molecule has 0 bridgehead atoms. The van der Waals surface area contributed by atoms with E-state index in [1.165, 1.54) is 0 Å². The lowest BCUT2D eigenvalue weighted by molar-refractivity contribution is 1.30. The summed E-state index contributed by atoms with van der Waals surface area (Å²) in [5.41, 5.74) is 2.55. The van der Waals surface area contributed by atoms with Gasteiger partial charge in [-0.25, -0.2) is 0 Å². The summed E-state index contributed by atoms with van der Waals surface area (Å²) in [4.78, 5) is 3.99. The molecular formula is C16H9N2. The molecule has 0 aliphatic rings. The zero-order chi connectivity index (χ0) is 12.4. The Balaban J connectivity index is 2.36. The van der Waals surface area contributed by atoms with Crippen molar-refractivity contribution >= 4 is 10.8 Å². The molecule has 0 spiro atoms. The van der Waals surface area contributed by atoms with Gasteiger partial charge in [-0.05, 0) is 28.5 Å². The molecule has 0 aliphatic carbocycles. The Morgan fingerprint density at radius 3 is 2.83 bits per heavy atom. The fourth-order valence-electron chi connectivity index (χ4n) is 2.10. The third-order valence-corrected chi connectivity index (χ3v) is 2.94. The number of benzene rings is 2. The quantitative estimate of drug-likeness (QED) is 0.639. The van der Waals surface area contributed by atoms with Crippen molar-refractivity contribution in [3.05, 3.63) is 66.5 Å². The largest absolute Gasteiger partial charge is 0.263 e. The van der Waals surface area contributed by atoms with E-state index < -0.39 is 0 Å². The molecule has 0 saturated heterocycles. The van der Waals surface area contributed by atoms with E-state index in [-0.39, 0.29) is 0 Å². The minimum Gasteiger partial charge on any atom is -0.263 e. The molecule has 3 rings (SSSR count). The number of hydrogen-bond acceptors (Lipinski definition) is 2. The molecule has 2 aromatic carbocycles. The van der Waals surface area contributed by atoms with Crippen molar-refractivity contribution in [2.45, 2.75) is 0 Å². The van der Waals surface area contributed by atoms with E-state index in [1.54, 1.807) is 12.4 Å². The molecule has 2 heteroatoms. The Bertz CT molecular complexity index is 749. The van der Waals surface area contributed by atoms with Crippen LogP contribution in [0, 0.1) is 17.4 Å². The lowest BCUT2D eigenvalue weighted by atomic mass is 9.96. The molecule has 0 saturated carbocycles. The summed E-state index contributed by atoms with van der Waals surface area (Å²) in [6, 6.07) is 19.2. The predicted molar refractivity (Wildman–Crippen MR) is 70.7 cm³/mol. The van der Waals surface area contributed by atoms with Crippen LogP contribution in [-0.2, 0) is 0 Å². The monoisotopic (exact) mass is 229 g/mol. The van der Waals surface area contributed by atoms with Gasteiger partial charge < -0.3 is 0 Å². The molecule has 1 aromatic heterocycles. The second-order valence-electron chi connectivity index (χ2n) is 3.97. The van der Waals surface area contributed by atoms with Crippen molar-refractivity contribution in [2.24, 2.45) is 0 Å². The van der Waals surface area contributed by atoms with Crippen LogP contribution in [-0.4, -0.2) is 4.98 Å². The third kappa shape index (κ3) is 1.63. The lowest BCUT2D eigenvalue weighted by Crippen LogP contribution is -1.87. The maximum absolute atomic E-state index is 9.15. The van der Waals surface area contributed by atoms with Crippen molar-refractivity contribution in [3.8, 4) is 17.2 Å². The molecule has 1 heterocycles. The van der Waals surface area contributed by atoms with Crippen LogP contribution in [0.4, 0.5) is 0 Å². The maximum Gasteiger partial charge on any atom is 0.101 e. The van der Waals surface area contributed by atoms with Gasteiger partial charge in [-0.1, -0.05) is 36.4 Å². The summed E-state index contributed by atoms with van der Waals surface area (Å²) < 4.78 is 0. The van der Waals surface area contributed by atoms with Gasteiger partial charge in [-0.2, -0.15) is 5.26 Å². The first-order valence-corrected chi connectivity index (χ1v) is 5.64. The molecule has 18 heavy (non-hydrogen) atoms. The maximum atomic E-state index is 9.15. The number of nitriles is 1. The first-order chi connectivity index (χ1) is 8.90. The number of pyridine rings is 1. The van der Waals surface area contributed by atoms with Crippen LogP contribution in [0.15, 0.2) is 54.9 Å². The van der Waals surface area contributed by atoms with Gasteiger partial charge in [0.05, 0.1) is 5.56 Å². The van der Waals surface area contributed by atoms with E-state index in [0.29, 0.717) is 5.56 Å². The molecule has 0 N–H and O–H groups in total. The number of hydrogen-bond donors (Lipinski definition) is 0. The molecule has 0 atom stereocenters. The molecule has 3 aromatic rings. The van der Waals surface area contributed by atoms with Gasteiger partial charge in [0.2, 0.25) is 0 Å². The first kappa shape index (κ1) is 10.5. The van der Waals surface area contributed by atoms with E-state index in [9.17, 15) is 0 Å². The van der Waals surface area contributed by atoms with Crippen molar-refractivity contribution in [1.29, 1.82) is 5.26 Å². The summed E-state index contributed by atoms with van der Waals surface area (Å²) in [6.07, 6.45) is 3.31. The summed E-state index contributed by atoms with van der Waals surface area (Å²) >= 11 is 0. The standard InChI is InChI=1S/C16H9N2/c17-10-13-11-18-9-8-15(13)16-7-3-5-12-4-1-2-6-14(12)16/h1-4,6-9,11H. The molecule has 0 aliphatic heterocycles. The van der Waals surface area contributed by atoms with Gasteiger partial charge in [-0.3, -0.25) is 4.98 Å². The van der Waals surface area contributed by atoms with Crippen LogP contribution in [0.1, 0.15) is 5.56 Å². The second kappa shape index (κ2) is 4.31. The number of rotatable bonds is 1. The SMILES string of the molecule is N#Cc1cnccc1-c1cc[c]c2ccccc12. The summed E-state index contributed by atoms with van der Waals surface area (Å²) in [5.74, 6) is 0. The van der Waals surface area contributed by atoms with Crippen LogP contribution < -0.4 is 0 Å². The fraction of sp³-hybridized carbons (Fsp3) is 0. The Hall–Kier alpha value is -2.66. The third-order valence-electron chi connectivity index (χ3n) is 2.94. The lowest BCUT2D eigenvalue weighted by Gasteiger charge is -2.07. The highest BCUT2D eigenvalue weighted by atomic mass is 14.6. The Morgan fingerprint density at radius 1 is 1.06 bits per heavy atom. The van der Waals surface area contributed by atoms with Gasteiger partial charge in [0.25, 0.3) is 0 Å². The second-order valence-corrected chi connectivity index (χ2v) is 3.97. The number of aromatic nitrogens is 1. The summed E-state index contributed by atoms with van der Waals surface area (Å²) in [7, 11) is 0. The topological polar surface area (TPSA) is 36.7 Å². The van der Waals surface area contributed by atoms with Crippen molar-refractivity contribution in [2.75, 3.05) is 0 Å². The molecule has 1 radical (unpaired) electrons. The van der Waals surface area contributed by atoms with Crippen molar-refractivity contribution < 1.29 is 0 Å². The van der Waals surface area contributed by atoms with E-state index >= 15 is 0 Å². The van der Waals surface area contributed by atoms with Crippen LogP contribution >= 0.6 is 0 Å². The molecule has 0 amide bonds. The van der Waals surface area contributed by atoms with E-state index in [4.69, 9.17) is 5.26 Å². The Morgan fingerprint density at radius 2 is 1.94 bits per heavy atom. The Labute approximate surface area is 105 Å². The van der Waals surface area contributed by atoms with Crippen molar-refractivity contribution in [3.63, 3.8) is 0 Å².